The SMILES string of the molecule is Cc1cccc(C)c1OCC(=O)N(Cc1ccccc1)c1c(N)n(Cc2ccccc2)c(=O)[nH]c1=O. The van der Waals surface area contributed by atoms with Crippen molar-refractivity contribution in [2.45, 2.75) is 26.9 Å². The number of benzene rings is 3. The molecule has 36 heavy (non-hydrogen) atoms. The summed E-state index contributed by atoms with van der Waals surface area (Å²) < 4.78 is 7.14. The van der Waals surface area contributed by atoms with Gasteiger partial charge in [0.1, 0.15) is 11.6 Å². The lowest BCUT2D eigenvalue weighted by atomic mass is 10.1. The fraction of sp³-hybridized carbons (Fsp3) is 0.179. The average Bonchev–Trinajstić information content (AvgIpc) is 2.86. The van der Waals surface area contributed by atoms with Crippen LogP contribution in [0.3, 0.4) is 0 Å². The van der Waals surface area contributed by atoms with Crippen molar-refractivity contribution in [3.8, 4) is 5.75 Å². The molecule has 1 aromatic heterocycles. The number of amides is 1. The van der Waals surface area contributed by atoms with Crippen molar-refractivity contribution >= 4 is 17.4 Å². The molecule has 0 bridgehead atoms. The number of hydrogen-bond acceptors (Lipinski definition) is 5. The van der Waals surface area contributed by atoms with Crippen molar-refractivity contribution in [1.82, 2.24) is 9.55 Å². The molecule has 4 aromatic rings. The van der Waals surface area contributed by atoms with Crippen LogP contribution < -0.4 is 26.6 Å². The smallest absolute Gasteiger partial charge is 0.330 e. The molecule has 184 valence electrons. The maximum absolute atomic E-state index is 13.5. The van der Waals surface area contributed by atoms with E-state index in [1.165, 1.54) is 9.47 Å². The maximum Gasteiger partial charge on any atom is 0.330 e. The number of aryl methyl sites for hydroxylation is 2. The number of para-hydroxylation sites is 1. The standard InChI is InChI=1S/C28H28N4O4/c1-19-10-9-11-20(2)25(19)36-18-23(33)31(16-21-12-5-3-6-13-21)24-26(29)32(28(35)30-27(24)34)17-22-14-7-4-8-15-22/h3-15H,16-18,29H2,1-2H3,(H,30,34,35). The summed E-state index contributed by atoms with van der Waals surface area (Å²) >= 11 is 0. The van der Waals surface area contributed by atoms with Gasteiger partial charge in [0.25, 0.3) is 11.5 Å². The quantitative estimate of drug-likeness (QED) is 0.398. The minimum atomic E-state index is -0.738. The van der Waals surface area contributed by atoms with Crippen molar-refractivity contribution < 1.29 is 9.53 Å². The molecule has 1 heterocycles. The van der Waals surface area contributed by atoms with Crippen molar-refractivity contribution in [3.63, 3.8) is 0 Å². The number of H-pyrrole nitrogens is 1. The van der Waals surface area contributed by atoms with E-state index in [9.17, 15) is 14.4 Å². The van der Waals surface area contributed by atoms with Gasteiger partial charge < -0.3 is 10.5 Å². The van der Waals surface area contributed by atoms with Crippen LogP contribution in [0, 0.1) is 13.8 Å². The summed E-state index contributed by atoms with van der Waals surface area (Å²) in [6.45, 7) is 3.71. The molecule has 3 aromatic carbocycles. The summed E-state index contributed by atoms with van der Waals surface area (Å²) in [5.41, 5.74) is 8.31. The highest BCUT2D eigenvalue weighted by Gasteiger charge is 2.25. The van der Waals surface area contributed by atoms with Crippen molar-refractivity contribution in [1.29, 1.82) is 0 Å². The van der Waals surface area contributed by atoms with Crippen LogP contribution in [0.15, 0.2) is 88.5 Å². The number of nitrogen functional groups attached to an aromatic ring is 1. The van der Waals surface area contributed by atoms with E-state index in [-0.39, 0.29) is 31.2 Å². The lowest BCUT2D eigenvalue weighted by Gasteiger charge is -2.25. The second-order valence-corrected chi connectivity index (χ2v) is 8.54. The molecule has 0 spiro atoms. The number of rotatable bonds is 8. The van der Waals surface area contributed by atoms with Crippen LogP contribution in [0.4, 0.5) is 11.5 Å². The minimum absolute atomic E-state index is 0.0760. The zero-order chi connectivity index (χ0) is 25.7. The van der Waals surface area contributed by atoms with Crippen LogP contribution in [-0.4, -0.2) is 22.1 Å². The highest BCUT2D eigenvalue weighted by Crippen LogP contribution is 2.24. The first-order chi connectivity index (χ1) is 17.3. The summed E-state index contributed by atoms with van der Waals surface area (Å²) in [4.78, 5) is 42.8. The summed E-state index contributed by atoms with van der Waals surface area (Å²) in [7, 11) is 0. The van der Waals surface area contributed by atoms with Gasteiger partial charge in [-0.15, -0.1) is 0 Å². The molecule has 0 radical (unpaired) electrons. The molecule has 0 saturated heterocycles. The first kappa shape index (κ1) is 24.5. The Kier molecular flexibility index (Phi) is 7.34. The third kappa shape index (κ3) is 5.38. The molecular weight excluding hydrogens is 456 g/mol. The molecule has 3 N–H and O–H groups in total. The average molecular weight is 485 g/mol. The second-order valence-electron chi connectivity index (χ2n) is 8.54. The van der Waals surface area contributed by atoms with Gasteiger partial charge in [0.15, 0.2) is 12.3 Å². The van der Waals surface area contributed by atoms with Crippen LogP contribution in [-0.2, 0) is 17.9 Å². The Morgan fingerprint density at radius 3 is 2.08 bits per heavy atom. The van der Waals surface area contributed by atoms with E-state index in [0.717, 1.165) is 22.3 Å². The minimum Gasteiger partial charge on any atom is -0.483 e. The van der Waals surface area contributed by atoms with E-state index in [4.69, 9.17) is 10.5 Å². The first-order valence-electron chi connectivity index (χ1n) is 11.5. The van der Waals surface area contributed by atoms with E-state index < -0.39 is 17.2 Å². The molecule has 8 nitrogen and oxygen atoms in total. The van der Waals surface area contributed by atoms with Gasteiger partial charge in [0, 0.05) is 0 Å². The fourth-order valence-electron chi connectivity index (χ4n) is 4.06. The zero-order valence-corrected chi connectivity index (χ0v) is 20.2. The Hall–Kier alpha value is -4.59. The van der Waals surface area contributed by atoms with E-state index in [0.29, 0.717) is 5.75 Å². The summed E-state index contributed by atoms with van der Waals surface area (Å²) in [5, 5.41) is 0. The molecule has 0 unspecified atom stereocenters. The van der Waals surface area contributed by atoms with Crippen LogP contribution in [0.2, 0.25) is 0 Å². The molecule has 1 amide bonds. The third-order valence-electron chi connectivity index (χ3n) is 5.90. The Morgan fingerprint density at radius 1 is 0.889 bits per heavy atom. The number of nitrogens with one attached hydrogen (secondary N) is 1. The number of aromatic nitrogens is 2. The lowest BCUT2D eigenvalue weighted by molar-refractivity contribution is -0.120. The molecule has 0 fully saturated rings. The number of ether oxygens (including phenoxy) is 1. The van der Waals surface area contributed by atoms with Crippen LogP contribution in [0.5, 0.6) is 5.75 Å². The highest BCUT2D eigenvalue weighted by molar-refractivity contribution is 5.96. The Balaban J connectivity index is 1.73. The highest BCUT2D eigenvalue weighted by atomic mass is 16.5. The van der Waals surface area contributed by atoms with Gasteiger partial charge in [-0.25, -0.2) is 4.79 Å². The van der Waals surface area contributed by atoms with Crippen LogP contribution in [0.1, 0.15) is 22.3 Å². The summed E-state index contributed by atoms with van der Waals surface area (Å²) in [6, 6.07) is 24.2. The van der Waals surface area contributed by atoms with Crippen molar-refractivity contribution in [2.24, 2.45) is 0 Å². The zero-order valence-electron chi connectivity index (χ0n) is 20.2. The molecule has 0 saturated carbocycles. The van der Waals surface area contributed by atoms with Gasteiger partial charge in [0.2, 0.25) is 0 Å². The molecular formula is C28H28N4O4. The number of anilines is 2. The molecule has 0 aliphatic heterocycles. The number of hydrogen-bond donors (Lipinski definition) is 2. The molecule has 0 aliphatic carbocycles. The topological polar surface area (TPSA) is 110 Å². The van der Waals surface area contributed by atoms with Gasteiger partial charge in [-0.3, -0.25) is 24.0 Å². The van der Waals surface area contributed by atoms with Gasteiger partial charge >= 0.3 is 5.69 Å². The van der Waals surface area contributed by atoms with Gasteiger partial charge in [-0.05, 0) is 36.1 Å². The molecule has 0 atom stereocenters. The number of nitrogens with two attached hydrogens (primary N) is 1. The number of carbonyl (C=O) groups excluding carboxylic acids is 1. The van der Waals surface area contributed by atoms with Gasteiger partial charge in [0.05, 0.1) is 13.1 Å². The fourth-order valence-corrected chi connectivity index (χ4v) is 4.06. The predicted molar refractivity (Wildman–Crippen MR) is 140 cm³/mol. The second kappa shape index (κ2) is 10.8. The summed E-state index contributed by atoms with van der Waals surface area (Å²) in [5.74, 6) is 0.0500. The van der Waals surface area contributed by atoms with E-state index in [1.807, 2.05) is 92.7 Å². The molecule has 0 aliphatic rings. The van der Waals surface area contributed by atoms with E-state index >= 15 is 0 Å². The van der Waals surface area contributed by atoms with Crippen molar-refractivity contribution in [2.75, 3.05) is 17.2 Å². The largest absolute Gasteiger partial charge is 0.483 e. The first-order valence-corrected chi connectivity index (χ1v) is 11.5. The molecule has 4 rings (SSSR count). The monoisotopic (exact) mass is 484 g/mol. The predicted octanol–water partition coefficient (Wildman–Crippen LogP) is 3.40. The van der Waals surface area contributed by atoms with Crippen LogP contribution >= 0.6 is 0 Å². The van der Waals surface area contributed by atoms with E-state index in [1.54, 1.807) is 0 Å². The Morgan fingerprint density at radius 2 is 1.47 bits per heavy atom. The number of nitrogens with zero attached hydrogens (tertiary/aromatic N) is 2. The third-order valence-corrected chi connectivity index (χ3v) is 5.90. The Labute approximate surface area is 208 Å². The van der Waals surface area contributed by atoms with Gasteiger partial charge in [-0.1, -0.05) is 78.9 Å². The normalized spacial score (nSPS) is 10.7. The van der Waals surface area contributed by atoms with Crippen LogP contribution in [0.25, 0.3) is 0 Å². The van der Waals surface area contributed by atoms with Crippen molar-refractivity contribution in [3.05, 3.63) is 122 Å². The molecule has 8 heteroatoms. The van der Waals surface area contributed by atoms with E-state index in [2.05, 4.69) is 4.98 Å². The number of aromatic amines is 1. The van der Waals surface area contributed by atoms with Gasteiger partial charge in [-0.2, -0.15) is 0 Å². The Bertz CT molecular complexity index is 1460. The summed E-state index contributed by atoms with van der Waals surface area (Å²) in [6.07, 6.45) is 0. The number of carbonyl (C=O) groups is 1. The maximum atomic E-state index is 13.5. The lowest BCUT2D eigenvalue weighted by Crippen LogP contribution is -2.42.